The van der Waals surface area contributed by atoms with Crippen LogP contribution in [0.3, 0.4) is 0 Å². The zero-order chi connectivity index (χ0) is 13.7. The molecule has 0 spiro atoms. The van der Waals surface area contributed by atoms with Crippen LogP contribution in [-0.4, -0.2) is 31.6 Å². The number of carbonyl (C=O) groups excluding carboxylic acids is 1. The third-order valence-electron chi connectivity index (χ3n) is 3.50. The molecular weight excluding hydrogens is 256 g/mol. The molecule has 0 aliphatic carbocycles. The van der Waals surface area contributed by atoms with Crippen LogP contribution in [0.5, 0.6) is 0 Å². The maximum absolute atomic E-state index is 12.1. The highest BCUT2D eigenvalue weighted by atomic mass is 16.2. The number of pyridine rings is 1. The lowest BCUT2D eigenvalue weighted by Crippen LogP contribution is -2.43. The van der Waals surface area contributed by atoms with Crippen LogP contribution in [-0.2, 0) is 0 Å². The zero-order valence-corrected chi connectivity index (χ0v) is 10.5. The van der Waals surface area contributed by atoms with E-state index in [-0.39, 0.29) is 12.1 Å². The summed E-state index contributed by atoms with van der Waals surface area (Å²) in [6, 6.07) is 3.83. The van der Waals surface area contributed by atoms with Gasteiger partial charge in [0.2, 0.25) is 0 Å². The predicted octanol–water partition coefficient (Wildman–Crippen LogP) is 0.398. The van der Waals surface area contributed by atoms with E-state index in [9.17, 15) is 4.79 Å². The number of hydrogen-bond donors (Lipinski definition) is 2. The summed E-state index contributed by atoms with van der Waals surface area (Å²) in [6.07, 6.45) is 6.87. The summed E-state index contributed by atoms with van der Waals surface area (Å²) in [5, 5.41) is 7.01. The molecule has 0 aromatic carbocycles. The molecule has 0 bridgehead atoms. The molecule has 0 saturated heterocycles. The second-order valence-corrected chi connectivity index (χ2v) is 4.74. The molecule has 1 aliphatic heterocycles. The maximum Gasteiger partial charge on any atom is 0.270 e. The molecule has 1 aliphatic rings. The Morgan fingerprint density at radius 1 is 1.40 bits per heavy atom. The highest BCUT2D eigenvalue weighted by Gasteiger charge is 2.27. The van der Waals surface area contributed by atoms with Crippen LogP contribution in [0.4, 0.5) is 0 Å². The number of amides is 1. The van der Waals surface area contributed by atoms with Crippen LogP contribution in [0.25, 0.3) is 16.8 Å². The fraction of sp³-hybridized carbons (Fsp3) is 0.154. The third kappa shape index (κ3) is 1.47. The molecule has 7 nitrogen and oxygen atoms in total. The Morgan fingerprint density at radius 3 is 3.20 bits per heavy atom. The van der Waals surface area contributed by atoms with Crippen LogP contribution >= 0.6 is 0 Å². The minimum atomic E-state index is -0.326. The number of fused-ring (bicyclic) bond motifs is 2. The fourth-order valence-corrected chi connectivity index (χ4v) is 2.50. The van der Waals surface area contributed by atoms with Crippen LogP contribution in [0, 0.1) is 0 Å². The molecule has 3 N–H and O–H groups in total. The first kappa shape index (κ1) is 11.2. The lowest BCUT2D eigenvalue weighted by atomic mass is 10.1. The molecule has 1 amide bonds. The van der Waals surface area contributed by atoms with E-state index in [0.717, 1.165) is 16.8 Å². The monoisotopic (exact) mass is 268 g/mol. The highest BCUT2D eigenvalue weighted by molar-refractivity contribution is 5.99. The first-order chi connectivity index (χ1) is 9.74. The largest absolute Gasteiger partial charge is 0.347 e. The Morgan fingerprint density at radius 2 is 2.30 bits per heavy atom. The van der Waals surface area contributed by atoms with Crippen molar-refractivity contribution < 1.29 is 4.79 Å². The molecule has 4 heterocycles. The number of hydrogen-bond acceptors (Lipinski definition) is 4. The van der Waals surface area contributed by atoms with E-state index in [1.807, 2.05) is 28.9 Å². The molecule has 0 radical (unpaired) electrons. The van der Waals surface area contributed by atoms with Gasteiger partial charge in [-0.25, -0.2) is 9.67 Å². The van der Waals surface area contributed by atoms with Gasteiger partial charge in [0.05, 0.1) is 12.7 Å². The summed E-state index contributed by atoms with van der Waals surface area (Å²) in [4.78, 5) is 16.3. The van der Waals surface area contributed by atoms with Gasteiger partial charge in [-0.15, -0.1) is 0 Å². The van der Waals surface area contributed by atoms with Crippen LogP contribution in [0.2, 0.25) is 0 Å². The molecular formula is C13H12N6O. The topological polar surface area (TPSA) is 90.2 Å². The molecule has 100 valence electrons. The standard InChI is InChI=1S/C13H12N6O/c14-10-6-16-13(20)12-9(5-17-19(10)12)8-1-2-11-15-3-4-18(11)7-8/h1-5,7,10H,6,14H2,(H,16,20)/t10-/m1/s1. The number of rotatable bonds is 1. The van der Waals surface area contributed by atoms with Crippen LogP contribution in [0.1, 0.15) is 16.7 Å². The van der Waals surface area contributed by atoms with E-state index in [1.54, 1.807) is 17.1 Å². The molecule has 3 aromatic heterocycles. The maximum atomic E-state index is 12.1. The average Bonchev–Trinajstić information content (AvgIpc) is 3.08. The Balaban J connectivity index is 1.92. The van der Waals surface area contributed by atoms with Crippen molar-refractivity contribution in [1.29, 1.82) is 0 Å². The summed E-state index contributed by atoms with van der Waals surface area (Å²) in [5.41, 5.74) is 8.98. The average molecular weight is 268 g/mol. The van der Waals surface area contributed by atoms with Crippen molar-refractivity contribution in [3.63, 3.8) is 0 Å². The Bertz CT molecular complexity index is 817. The Labute approximate surface area is 114 Å². The number of aromatic nitrogens is 4. The van der Waals surface area contributed by atoms with Gasteiger partial charge in [-0.2, -0.15) is 5.10 Å². The van der Waals surface area contributed by atoms with Gasteiger partial charge in [-0.3, -0.25) is 4.79 Å². The van der Waals surface area contributed by atoms with Gasteiger partial charge in [0.15, 0.2) is 0 Å². The summed E-state index contributed by atoms with van der Waals surface area (Å²) in [5.74, 6) is -0.148. The molecule has 0 fully saturated rings. The van der Waals surface area contributed by atoms with E-state index in [2.05, 4.69) is 15.4 Å². The van der Waals surface area contributed by atoms with Crippen molar-refractivity contribution >= 4 is 11.6 Å². The summed E-state index contributed by atoms with van der Waals surface area (Å²) in [6.45, 7) is 0.396. The van der Waals surface area contributed by atoms with Gasteiger partial charge in [-0.05, 0) is 12.1 Å². The second-order valence-electron chi connectivity index (χ2n) is 4.74. The Kier molecular flexibility index (Phi) is 2.19. The number of nitrogens with two attached hydrogens (primary N) is 1. The first-order valence-corrected chi connectivity index (χ1v) is 6.28. The van der Waals surface area contributed by atoms with E-state index in [1.165, 1.54) is 0 Å². The summed E-state index contributed by atoms with van der Waals surface area (Å²) in [7, 11) is 0. The molecule has 4 rings (SSSR count). The van der Waals surface area contributed by atoms with E-state index >= 15 is 0 Å². The molecule has 0 unspecified atom stereocenters. The third-order valence-corrected chi connectivity index (χ3v) is 3.50. The van der Waals surface area contributed by atoms with Gasteiger partial charge >= 0.3 is 0 Å². The van der Waals surface area contributed by atoms with Crippen molar-refractivity contribution in [3.8, 4) is 11.1 Å². The van der Waals surface area contributed by atoms with Gasteiger partial charge in [0, 0.05) is 29.7 Å². The number of imidazole rings is 1. The molecule has 7 heteroatoms. The molecule has 3 aromatic rings. The van der Waals surface area contributed by atoms with Crippen LogP contribution < -0.4 is 11.1 Å². The fourth-order valence-electron chi connectivity index (χ4n) is 2.50. The summed E-state index contributed by atoms with van der Waals surface area (Å²) < 4.78 is 3.48. The van der Waals surface area contributed by atoms with Crippen molar-refractivity contribution in [2.45, 2.75) is 6.17 Å². The number of nitrogens with one attached hydrogen (secondary N) is 1. The second kappa shape index (κ2) is 3.91. The van der Waals surface area contributed by atoms with E-state index in [4.69, 9.17) is 5.73 Å². The highest BCUT2D eigenvalue weighted by Crippen LogP contribution is 2.26. The van der Waals surface area contributed by atoms with Gasteiger partial charge < -0.3 is 15.5 Å². The first-order valence-electron chi connectivity index (χ1n) is 6.28. The quantitative estimate of drug-likeness (QED) is 0.668. The van der Waals surface area contributed by atoms with E-state index in [0.29, 0.717) is 12.2 Å². The normalized spacial score (nSPS) is 18.1. The predicted molar refractivity (Wildman–Crippen MR) is 72.0 cm³/mol. The lowest BCUT2D eigenvalue weighted by Gasteiger charge is -2.21. The van der Waals surface area contributed by atoms with Gasteiger partial charge in [-0.1, -0.05) is 0 Å². The minimum absolute atomic E-state index is 0.148. The minimum Gasteiger partial charge on any atom is -0.347 e. The zero-order valence-electron chi connectivity index (χ0n) is 10.5. The number of carbonyl (C=O) groups is 1. The van der Waals surface area contributed by atoms with E-state index < -0.39 is 0 Å². The smallest absolute Gasteiger partial charge is 0.270 e. The SMILES string of the molecule is N[C@H]1CNC(=O)c2c(-c3ccc4nccn4c3)cnn21. The van der Waals surface area contributed by atoms with Gasteiger partial charge in [0.25, 0.3) is 5.91 Å². The van der Waals surface area contributed by atoms with Gasteiger partial charge in [0.1, 0.15) is 17.5 Å². The molecule has 20 heavy (non-hydrogen) atoms. The van der Waals surface area contributed by atoms with Crippen LogP contribution in [0.15, 0.2) is 36.9 Å². The van der Waals surface area contributed by atoms with Crippen molar-refractivity contribution in [3.05, 3.63) is 42.6 Å². The summed E-state index contributed by atoms with van der Waals surface area (Å²) >= 11 is 0. The molecule has 0 saturated carbocycles. The Hall–Kier alpha value is -2.67. The van der Waals surface area contributed by atoms with Crippen molar-refractivity contribution in [1.82, 2.24) is 24.5 Å². The molecule has 1 atom stereocenters. The van der Waals surface area contributed by atoms with Crippen molar-refractivity contribution in [2.75, 3.05) is 6.54 Å². The van der Waals surface area contributed by atoms with Crippen molar-refractivity contribution in [2.24, 2.45) is 5.73 Å². The number of nitrogens with zero attached hydrogens (tertiary/aromatic N) is 4. The lowest BCUT2D eigenvalue weighted by molar-refractivity contribution is 0.0911.